The first-order valence-electron chi connectivity index (χ1n) is 8.18. The molecule has 7 heteroatoms. The Bertz CT molecular complexity index is 791. The smallest absolute Gasteiger partial charge is 0.257 e. The van der Waals surface area contributed by atoms with Crippen LogP contribution in [0.25, 0.3) is 0 Å². The Hall–Kier alpha value is -2.80. The average Bonchev–Trinajstić information content (AvgIpc) is 2.62. The van der Waals surface area contributed by atoms with Crippen LogP contribution in [0.2, 0.25) is 0 Å². The molecule has 2 rings (SSSR count). The molecule has 5 nitrogen and oxygen atoms in total. The number of anilines is 1. The SMILES string of the molecule is CCC(C)NC(=O)c1ccc(NC(=S)NC(=O)c2ccc(F)cc2)cc1. The number of carbonyl (C=O) groups is 2. The molecule has 0 aliphatic rings. The fourth-order valence-electron chi connectivity index (χ4n) is 2.05. The number of hydrogen-bond acceptors (Lipinski definition) is 3. The molecule has 1 unspecified atom stereocenters. The van der Waals surface area contributed by atoms with Gasteiger partial charge in [-0.25, -0.2) is 4.39 Å². The molecule has 136 valence electrons. The molecule has 0 heterocycles. The molecule has 0 radical (unpaired) electrons. The lowest BCUT2D eigenvalue weighted by atomic mass is 10.1. The lowest BCUT2D eigenvalue weighted by Crippen LogP contribution is -2.34. The summed E-state index contributed by atoms with van der Waals surface area (Å²) in [4.78, 5) is 24.0. The maximum absolute atomic E-state index is 12.9. The summed E-state index contributed by atoms with van der Waals surface area (Å²) >= 11 is 5.10. The lowest BCUT2D eigenvalue weighted by molar-refractivity contribution is 0.0937. The van der Waals surface area contributed by atoms with E-state index in [1.807, 2.05) is 13.8 Å². The van der Waals surface area contributed by atoms with Gasteiger partial charge in [0.1, 0.15) is 5.82 Å². The third-order valence-electron chi connectivity index (χ3n) is 3.73. The van der Waals surface area contributed by atoms with E-state index in [0.29, 0.717) is 16.8 Å². The molecule has 0 aromatic heterocycles. The zero-order valence-corrected chi connectivity index (χ0v) is 15.3. The standard InChI is InChI=1S/C19H20FN3O2S/c1-3-12(2)21-17(24)14-6-10-16(11-7-14)22-19(26)23-18(25)13-4-8-15(20)9-5-13/h4-12H,3H2,1-2H3,(H,21,24)(H2,22,23,25,26). The van der Waals surface area contributed by atoms with Crippen LogP contribution in [0.15, 0.2) is 48.5 Å². The molecule has 2 aromatic carbocycles. The van der Waals surface area contributed by atoms with E-state index >= 15 is 0 Å². The largest absolute Gasteiger partial charge is 0.350 e. The second-order valence-corrected chi connectivity index (χ2v) is 6.18. The van der Waals surface area contributed by atoms with Gasteiger partial charge in [0.15, 0.2) is 5.11 Å². The number of hydrogen-bond donors (Lipinski definition) is 3. The van der Waals surface area contributed by atoms with Crippen molar-refractivity contribution in [2.45, 2.75) is 26.3 Å². The van der Waals surface area contributed by atoms with Crippen molar-refractivity contribution < 1.29 is 14.0 Å². The summed E-state index contributed by atoms with van der Waals surface area (Å²) in [6.45, 7) is 3.94. The van der Waals surface area contributed by atoms with Crippen LogP contribution in [0.4, 0.5) is 10.1 Å². The van der Waals surface area contributed by atoms with Gasteiger partial charge in [-0.3, -0.25) is 14.9 Å². The number of nitrogens with one attached hydrogen (secondary N) is 3. The summed E-state index contributed by atoms with van der Waals surface area (Å²) in [5.74, 6) is -0.996. The summed E-state index contributed by atoms with van der Waals surface area (Å²) in [5, 5.41) is 8.37. The first-order chi connectivity index (χ1) is 12.4. The fourth-order valence-corrected chi connectivity index (χ4v) is 2.26. The van der Waals surface area contributed by atoms with Crippen molar-refractivity contribution in [3.05, 3.63) is 65.5 Å². The van der Waals surface area contributed by atoms with Gasteiger partial charge in [-0.15, -0.1) is 0 Å². The van der Waals surface area contributed by atoms with E-state index in [1.54, 1.807) is 24.3 Å². The van der Waals surface area contributed by atoms with Crippen molar-refractivity contribution in [2.24, 2.45) is 0 Å². The molecule has 1 atom stereocenters. The van der Waals surface area contributed by atoms with E-state index in [4.69, 9.17) is 12.2 Å². The average molecular weight is 373 g/mol. The van der Waals surface area contributed by atoms with Gasteiger partial charge in [0.2, 0.25) is 0 Å². The summed E-state index contributed by atoms with van der Waals surface area (Å²) < 4.78 is 12.9. The lowest BCUT2D eigenvalue weighted by Gasteiger charge is -2.12. The zero-order chi connectivity index (χ0) is 19.1. The van der Waals surface area contributed by atoms with E-state index in [0.717, 1.165) is 6.42 Å². The van der Waals surface area contributed by atoms with Crippen LogP contribution in [-0.2, 0) is 0 Å². The molecule has 0 aliphatic carbocycles. The van der Waals surface area contributed by atoms with Crippen molar-refractivity contribution in [3.8, 4) is 0 Å². The first-order valence-corrected chi connectivity index (χ1v) is 8.58. The van der Waals surface area contributed by atoms with Gasteiger partial charge < -0.3 is 10.6 Å². The Morgan fingerprint density at radius 2 is 1.54 bits per heavy atom. The minimum atomic E-state index is -0.438. The van der Waals surface area contributed by atoms with Crippen LogP contribution < -0.4 is 16.0 Å². The van der Waals surface area contributed by atoms with Crippen molar-refractivity contribution in [1.82, 2.24) is 10.6 Å². The van der Waals surface area contributed by atoms with Gasteiger partial charge in [-0.2, -0.15) is 0 Å². The van der Waals surface area contributed by atoms with Crippen LogP contribution in [-0.4, -0.2) is 23.0 Å². The van der Waals surface area contributed by atoms with Crippen molar-refractivity contribution >= 4 is 34.8 Å². The van der Waals surface area contributed by atoms with Gasteiger partial charge >= 0.3 is 0 Å². The summed E-state index contributed by atoms with van der Waals surface area (Å²) in [6.07, 6.45) is 0.855. The molecule has 0 bridgehead atoms. The third kappa shape index (κ3) is 5.63. The molecular weight excluding hydrogens is 353 g/mol. The van der Waals surface area contributed by atoms with Gasteiger partial charge in [0, 0.05) is 22.9 Å². The van der Waals surface area contributed by atoms with Crippen LogP contribution in [0, 0.1) is 5.82 Å². The topological polar surface area (TPSA) is 70.2 Å². The molecule has 0 saturated heterocycles. The Balaban J connectivity index is 1.91. The second kappa shape index (κ2) is 9.05. The van der Waals surface area contributed by atoms with Crippen LogP contribution >= 0.6 is 12.2 Å². The highest BCUT2D eigenvalue weighted by atomic mass is 32.1. The highest BCUT2D eigenvalue weighted by Crippen LogP contribution is 2.10. The number of carbonyl (C=O) groups excluding carboxylic acids is 2. The van der Waals surface area contributed by atoms with Crippen molar-refractivity contribution in [1.29, 1.82) is 0 Å². The highest BCUT2D eigenvalue weighted by Gasteiger charge is 2.10. The molecule has 0 saturated carbocycles. The molecule has 26 heavy (non-hydrogen) atoms. The number of halogens is 1. The first kappa shape index (κ1) is 19.5. The molecule has 3 N–H and O–H groups in total. The molecule has 2 aromatic rings. The minimum absolute atomic E-state index is 0.106. The number of amides is 2. The van der Waals surface area contributed by atoms with Gasteiger partial charge in [0.05, 0.1) is 0 Å². The zero-order valence-electron chi connectivity index (χ0n) is 14.5. The summed E-state index contributed by atoms with van der Waals surface area (Å²) in [5.41, 5.74) is 1.47. The third-order valence-corrected chi connectivity index (χ3v) is 3.93. The highest BCUT2D eigenvalue weighted by molar-refractivity contribution is 7.80. The molecule has 2 amide bonds. The normalized spacial score (nSPS) is 11.3. The Morgan fingerprint density at radius 1 is 1.00 bits per heavy atom. The Kier molecular flexibility index (Phi) is 6.80. The van der Waals surface area contributed by atoms with Crippen molar-refractivity contribution in [3.63, 3.8) is 0 Å². The Labute approximate surface area is 157 Å². The predicted octanol–water partition coefficient (Wildman–Crippen LogP) is 3.48. The van der Waals surface area contributed by atoms with Gasteiger partial charge in [-0.1, -0.05) is 6.92 Å². The maximum Gasteiger partial charge on any atom is 0.257 e. The maximum atomic E-state index is 12.9. The molecule has 0 fully saturated rings. The van der Waals surface area contributed by atoms with E-state index in [-0.39, 0.29) is 17.1 Å². The monoisotopic (exact) mass is 373 g/mol. The number of benzene rings is 2. The van der Waals surface area contributed by atoms with Gasteiger partial charge in [0.25, 0.3) is 11.8 Å². The molecular formula is C19H20FN3O2S. The van der Waals surface area contributed by atoms with E-state index in [1.165, 1.54) is 24.3 Å². The molecule has 0 aliphatic heterocycles. The second-order valence-electron chi connectivity index (χ2n) is 5.78. The van der Waals surface area contributed by atoms with Crippen molar-refractivity contribution in [2.75, 3.05) is 5.32 Å². The van der Waals surface area contributed by atoms with Gasteiger partial charge in [-0.05, 0) is 74.1 Å². The fraction of sp³-hybridized carbons (Fsp3) is 0.211. The number of thiocarbonyl (C=S) groups is 1. The van der Waals surface area contributed by atoms with Crippen LogP contribution in [0.3, 0.4) is 0 Å². The van der Waals surface area contributed by atoms with E-state index < -0.39 is 11.7 Å². The predicted molar refractivity (Wildman–Crippen MR) is 104 cm³/mol. The van der Waals surface area contributed by atoms with E-state index in [2.05, 4.69) is 16.0 Å². The van der Waals surface area contributed by atoms with E-state index in [9.17, 15) is 14.0 Å². The minimum Gasteiger partial charge on any atom is -0.350 e. The number of rotatable bonds is 5. The van der Waals surface area contributed by atoms with Crippen LogP contribution in [0.5, 0.6) is 0 Å². The Morgan fingerprint density at radius 3 is 2.12 bits per heavy atom. The summed E-state index contributed by atoms with van der Waals surface area (Å²) in [7, 11) is 0. The summed E-state index contributed by atoms with van der Waals surface area (Å²) in [6, 6.07) is 12.0. The molecule has 0 spiro atoms. The van der Waals surface area contributed by atoms with Crippen LogP contribution in [0.1, 0.15) is 41.0 Å². The quantitative estimate of drug-likeness (QED) is 0.702.